The lowest BCUT2D eigenvalue weighted by Crippen LogP contribution is -2.46. The second kappa shape index (κ2) is 12.0. The van der Waals surface area contributed by atoms with Crippen LogP contribution in [0.1, 0.15) is 52.2 Å². The van der Waals surface area contributed by atoms with Gasteiger partial charge in [-0.1, -0.05) is 24.6 Å². The second-order valence-electron chi connectivity index (χ2n) is 11.0. The normalized spacial score (nSPS) is 28.0. The van der Waals surface area contributed by atoms with Crippen molar-refractivity contribution in [2.75, 3.05) is 18.2 Å². The van der Waals surface area contributed by atoms with Gasteiger partial charge >= 0.3 is 19.3 Å². The van der Waals surface area contributed by atoms with Crippen LogP contribution in [0.3, 0.4) is 0 Å². The summed E-state index contributed by atoms with van der Waals surface area (Å²) in [7, 11) is -4.63. The molecule has 6 atom stereocenters. The summed E-state index contributed by atoms with van der Waals surface area (Å²) >= 11 is 0. The molecule has 1 aliphatic heterocycles. The first-order valence-electron chi connectivity index (χ1n) is 13.9. The van der Waals surface area contributed by atoms with Crippen molar-refractivity contribution >= 4 is 30.8 Å². The number of carbonyl (C=O) groups is 1. The molecule has 1 aliphatic carbocycles. The lowest BCUT2D eigenvalue weighted by molar-refractivity contribution is -0.192. The summed E-state index contributed by atoms with van der Waals surface area (Å²) in [4.78, 5) is 33.0. The van der Waals surface area contributed by atoms with E-state index in [0.717, 1.165) is 37.1 Å². The average Bonchev–Trinajstić information content (AvgIpc) is 3.48. The average molecular weight is 642 g/mol. The molecule has 5 rings (SSSR count). The summed E-state index contributed by atoms with van der Waals surface area (Å²) in [6.45, 7) is 0.953. The van der Waals surface area contributed by atoms with E-state index in [4.69, 9.17) is 30.1 Å². The maximum absolute atomic E-state index is 16.2. The fourth-order valence-corrected chi connectivity index (χ4v) is 6.67. The summed E-state index contributed by atoms with van der Waals surface area (Å²) < 4.78 is 68.9. The third-order valence-electron chi connectivity index (χ3n) is 7.55. The van der Waals surface area contributed by atoms with Gasteiger partial charge in [-0.25, -0.2) is 18.3 Å². The molecule has 3 heterocycles. The summed E-state index contributed by atoms with van der Waals surface area (Å²) in [5, 5.41) is 13.5. The molecule has 15 nitrogen and oxygen atoms in total. The highest BCUT2D eigenvalue weighted by Crippen LogP contribution is 2.51. The summed E-state index contributed by atoms with van der Waals surface area (Å²) in [5.74, 6) is 1.00. The van der Waals surface area contributed by atoms with Crippen LogP contribution >= 0.6 is 7.75 Å². The van der Waals surface area contributed by atoms with Crippen LogP contribution < -0.4 is 26.7 Å². The number of benzene rings is 1. The highest BCUT2D eigenvalue weighted by atomic mass is 31.2. The SMILES string of the molecule is CC(NP(=O)(OC[C@@]1(F)O[C@@H](n2cnc3c(=O)n(N)c(N)nc32)[C@](C)(O)[C@@H]1F)Oc1ccccc1)C(=O)OC1CCCCC1. The monoisotopic (exact) mass is 641 g/mol. The van der Waals surface area contributed by atoms with Crippen LogP contribution in [-0.4, -0.2) is 66.7 Å². The van der Waals surface area contributed by atoms with Gasteiger partial charge in [-0.2, -0.15) is 14.7 Å². The van der Waals surface area contributed by atoms with Gasteiger partial charge in [-0.05, 0) is 51.7 Å². The molecule has 240 valence electrons. The van der Waals surface area contributed by atoms with Crippen molar-refractivity contribution < 1.29 is 41.8 Å². The molecule has 0 bridgehead atoms. The number of fused-ring (bicyclic) bond motifs is 1. The predicted molar refractivity (Wildman–Crippen MR) is 152 cm³/mol. The number of carbonyl (C=O) groups excluding carboxylic acids is 1. The number of alkyl halides is 2. The zero-order valence-corrected chi connectivity index (χ0v) is 24.9. The van der Waals surface area contributed by atoms with Crippen molar-refractivity contribution in [2.24, 2.45) is 0 Å². The maximum atomic E-state index is 16.2. The molecule has 2 unspecified atom stereocenters. The lowest BCUT2D eigenvalue weighted by Gasteiger charge is -2.28. The topological polar surface area (TPSA) is 208 Å². The van der Waals surface area contributed by atoms with Crippen LogP contribution in [0.25, 0.3) is 11.2 Å². The largest absolute Gasteiger partial charge is 0.461 e. The van der Waals surface area contributed by atoms with Crippen molar-refractivity contribution in [3.05, 3.63) is 47.0 Å². The number of aromatic nitrogens is 4. The third kappa shape index (κ3) is 6.15. The number of nitrogens with two attached hydrogens (primary N) is 2. The van der Waals surface area contributed by atoms with Gasteiger partial charge in [0.25, 0.3) is 5.85 Å². The highest BCUT2D eigenvalue weighted by Gasteiger charge is 2.65. The number of hydrogen-bond acceptors (Lipinski definition) is 12. The molecule has 1 saturated heterocycles. The number of rotatable bonds is 10. The van der Waals surface area contributed by atoms with E-state index in [9.17, 15) is 19.3 Å². The number of imidazole rings is 1. The molecule has 44 heavy (non-hydrogen) atoms. The van der Waals surface area contributed by atoms with Crippen LogP contribution in [0.15, 0.2) is 41.5 Å². The molecule has 0 radical (unpaired) electrons. The summed E-state index contributed by atoms with van der Waals surface area (Å²) in [5.41, 5.74) is 1.66. The van der Waals surface area contributed by atoms with Crippen molar-refractivity contribution in [3.8, 4) is 5.75 Å². The summed E-state index contributed by atoms with van der Waals surface area (Å²) in [6.07, 6.45) is 0.314. The molecular weight excluding hydrogens is 607 g/mol. The Morgan fingerprint density at radius 3 is 2.66 bits per heavy atom. The van der Waals surface area contributed by atoms with Crippen LogP contribution in [0, 0.1) is 0 Å². The lowest BCUT2D eigenvalue weighted by atomic mass is 9.97. The predicted octanol–water partition coefficient (Wildman–Crippen LogP) is 2.23. The van der Waals surface area contributed by atoms with E-state index in [1.54, 1.807) is 18.2 Å². The van der Waals surface area contributed by atoms with Crippen molar-refractivity contribution in [3.63, 3.8) is 0 Å². The van der Waals surface area contributed by atoms with Crippen LogP contribution in [0.2, 0.25) is 0 Å². The summed E-state index contributed by atoms with van der Waals surface area (Å²) in [6, 6.07) is 6.47. The van der Waals surface area contributed by atoms with Gasteiger partial charge in [0.15, 0.2) is 23.6 Å². The molecule has 3 aromatic rings. The van der Waals surface area contributed by atoms with Gasteiger partial charge in [0.2, 0.25) is 5.95 Å². The van der Waals surface area contributed by atoms with Crippen molar-refractivity contribution in [1.29, 1.82) is 0 Å². The fraction of sp³-hybridized carbons (Fsp3) is 0.538. The van der Waals surface area contributed by atoms with E-state index in [-0.39, 0.29) is 23.0 Å². The van der Waals surface area contributed by atoms with E-state index in [1.807, 2.05) is 0 Å². The first-order valence-corrected chi connectivity index (χ1v) is 15.5. The smallest absolute Gasteiger partial charge is 0.459 e. The molecule has 0 spiro atoms. The maximum Gasteiger partial charge on any atom is 0.459 e. The number of nitrogens with zero attached hydrogens (tertiary/aromatic N) is 4. The van der Waals surface area contributed by atoms with Crippen molar-refractivity contribution in [1.82, 2.24) is 24.3 Å². The van der Waals surface area contributed by atoms with E-state index >= 15 is 8.78 Å². The first-order chi connectivity index (χ1) is 20.7. The molecule has 2 fully saturated rings. The van der Waals surface area contributed by atoms with Gasteiger partial charge in [-0.3, -0.25) is 18.7 Å². The Morgan fingerprint density at radius 2 is 1.98 bits per heavy atom. The quantitative estimate of drug-likeness (QED) is 0.142. The van der Waals surface area contributed by atoms with Gasteiger partial charge in [0, 0.05) is 0 Å². The van der Waals surface area contributed by atoms with Gasteiger partial charge in [0.1, 0.15) is 30.1 Å². The highest BCUT2D eigenvalue weighted by molar-refractivity contribution is 7.52. The Balaban J connectivity index is 1.37. The van der Waals surface area contributed by atoms with E-state index < -0.39 is 61.7 Å². The fourth-order valence-electron chi connectivity index (χ4n) is 5.16. The van der Waals surface area contributed by atoms with Gasteiger partial charge in [0.05, 0.1) is 6.33 Å². The minimum Gasteiger partial charge on any atom is -0.461 e. The van der Waals surface area contributed by atoms with E-state index in [1.165, 1.54) is 19.1 Å². The Bertz CT molecular complexity index is 1620. The van der Waals surface area contributed by atoms with Gasteiger partial charge in [-0.15, -0.1) is 0 Å². The number of nitrogens with one attached hydrogen (secondary N) is 1. The standard InChI is InChI=1S/C26H34F2N7O8P/c1-15(21(37)41-16-9-5-3-6-10-16)33-44(39,43-17-11-7-4-8-12-17)40-13-26(28)22(27)25(2,38)23(42-26)34-14-31-18-19(34)32-24(29)35(30)20(18)36/h4,7-8,11-12,14-16,22-23,38H,3,5-6,9-10,13,30H2,1-2H3,(H2,29,32)(H,33,39)/t15?,22-,23+,25+,26+,44?/m0/s1. The number of para-hydroxylation sites is 1. The number of halogens is 2. The zero-order chi connectivity index (χ0) is 31.9. The van der Waals surface area contributed by atoms with Crippen LogP contribution in [-0.2, 0) is 23.4 Å². The molecule has 1 aromatic carbocycles. The van der Waals surface area contributed by atoms with E-state index in [0.29, 0.717) is 17.5 Å². The molecule has 2 aromatic heterocycles. The number of nitrogen functional groups attached to an aromatic ring is 2. The Labute approximate surface area is 250 Å². The zero-order valence-electron chi connectivity index (χ0n) is 24.0. The Morgan fingerprint density at radius 1 is 1.30 bits per heavy atom. The molecule has 18 heteroatoms. The van der Waals surface area contributed by atoms with Crippen molar-refractivity contribution in [2.45, 2.75) is 82.0 Å². The molecular formula is C26H34F2N7O8P. The van der Waals surface area contributed by atoms with Crippen LogP contribution in [0.4, 0.5) is 14.7 Å². The number of esters is 1. The minimum absolute atomic E-state index is 0.0391. The molecule has 6 N–H and O–H groups in total. The number of aliphatic hydroxyl groups is 1. The Hall–Kier alpha value is -3.63. The number of hydrogen-bond donors (Lipinski definition) is 4. The second-order valence-corrected chi connectivity index (χ2v) is 12.7. The third-order valence-corrected chi connectivity index (χ3v) is 9.17. The van der Waals surface area contributed by atoms with Crippen LogP contribution in [0.5, 0.6) is 5.75 Å². The molecule has 1 saturated carbocycles. The van der Waals surface area contributed by atoms with Gasteiger partial charge < -0.3 is 30.7 Å². The minimum atomic E-state index is -4.63. The van der Waals surface area contributed by atoms with E-state index in [2.05, 4.69) is 15.1 Å². The molecule has 0 amide bonds. The Kier molecular flexibility index (Phi) is 8.70. The first kappa shape index (κ1) is 31.8. The number of anilines is 1. The number of ether oxygens (including phenoxy) is 2. The molecule has 2 aliphatic rings.